The minimum atomic E-state index is -3.75. The van der Waals surface area contributed by atoms with E-state index in [4.69, 9.17) is 4.74 Å². The maximum atomic E-state index is 13.0. The third-order valence-corrected chi connectivity index (χ3v) is 7.01. The van der Waals surface area contributed by atoms with Crippen LogP contribution in [0.15, 0.2) is 28.3 Å². The Bertz CT molecular complexity index is 928. The van der Waals surface area contributed by atoms with E-state index in [-0.39, 0.29) is 22.3 Å². The molecule has 1 aromatic carbocycles. The van der Waals surface area contributed by atoms with Gasteiger partial charge in [-0.2, -0.15) is 4.31 Å². The van der Waals surface area contributed by atoms with Crippen molar-refractivity contribution in [2.75, 3.05) is 30.8 Å². The molecular weight excluding hydrogens is 416 g/mol. The number of sulfonamides is 1. The molecule has 1 amide bonds. The smallest absolute Gasteiger partial charge is 0.246 e. The first-order chi connectivity index (χ1) is 13.9. The predicted octanol–water partition coefficient (Wildman–Crippen LogP) is 1.85. The molecule has 2 aromatic rings. The van der Waals surface area contributed by atoms with Gasteiger partial charge in [-0.3, -0.25) is 4.79 Å². The number of rotatable bonds is 11. The molecular formula is C17H26N6O4S2. The van der Waals surface area contributed by atoms with Gasteiger partial charge in [0.05, 0.1) is 12.4 Å². The van der Waals surface area contributed by atoms with Crippen molar-refractivity contribution in [2.45, 2.75) is 44.3 Å². The number of ether oxygens (including phenoxy) is 1. The molecule has 0 aliphatic carbocycles. The van der Waals surface area contributed by atoms with E-state index in [1.165, 1.54) is 22.1 Å². The molecule has 29 heavy (non-hydrogen) atoms. The van der Waals surface area contributed by atoms with Crippen molar-refractivity contribution in [1.82, 2.24) is 24.5 Å². The monoisotopic (exact) mass is 442 g/mol. The summed E-state index contributed by atoms with van der Waals surface area (Å²) in [6.45, 7) is 8.83. The standard InChI is InChI=1S/C17H26N6O4S2/c1-5-22(6-2)29(25,26)15-11-13(9-10-14(15)27-8-4)18-16(24)12-28-17-19-20-21-23(17)7-3/h9-11H,5-8,12H2,1-4H3,(H,18,24). The number of tetrazole rings is 1. The minimum Gasteiger partial charge on any atom is -0.492 e. The number of thioether (sulfide) groups is 1. The largest absolute Gasteiger partial charge is 0.492 e. The molecule has 1 aromatic heterocycles. The Kier molecular flexibility index (Phi) is 8.41. The van der Waals surface area contributed by atoms with E-state index >= 15 is 0 Å². The van der Waals surface area contributed by atoms with Crippen molar-refractivity contribution in [3.05, 3.63) is 18.2 Å². The van der Waals surface area contributed by atoms with Crippen LogP contribution in [0, 0.1) is 0 Å². The lowest BCUT2D eigenvalue weighted by atomic mass is 10.3. The quantitative estimate of drug-likeness (QED) is 0.524. The van der Waals surface area contributed by atoms with Crippen LogP contribution >= 0.6 is 11.8 Å². The van der Waals surface area contributed by atoms with Gasteiger partial charge in [-0.15, -0.1) is 5.10 Å². The number of aryl methyl sites for hydroxylation is 1. The van der Waals surface area contributed by atoms with Gasteiger partial charge in [0.2, 0.25) is 21.1 Å². The predicted molar refractivity (Wildman–Crippen MR) is 111 cm³/mol. The molecule has 0 saturated heterocycles. The zero-order chi connectivity index (χ0) is 21.4. The van der Waals surface area contributed by atoms with Crippen LogP contribution in [0.1, 0.15) is 27.7 Å². The number of carbonyl (C=O) groups is 1. The fourth-order valence-corrected chi connectivity index (χ4v) is 4.95. The SMILES string of the molecule is CCOc1ccc(NC(=O)CSc2nnnn2CC)cc1S(=O)(=O)N(CC)CC. The van der Waals surface area contributed by atoms with Crippen LogP contribution < -0.4 is 10.1 Å². The van der Waals surface area contributed by atoms with Gasteiger partial charge in [0.1, 0.15) is 10.6 Å². The molecule has 0 aliphatic heterocycles. The van der Waals surface area contributed by atoms with Crippen molar-refractivity contribution in [1.29, 1.82) is 0 Å². The summed E-state index contributed by atoms with van der Waals surface area (Å²) in [4.78, 5) is 12.4. The summed E-state index contributed by atoms with van der Waals surface area (Å²) in [6, 6.07) is 4.60. The summed E-state index contributed by atoms with van der Waals surface area (Å²) in [6.07, 6.45) is 0. The van der Waals surface area contributed by atoms with E-state index in [2.05, 4.69) is 20.8 Å². The summed E-state index contributed by atoms with van der Waals surface area (Å²) in [7, 11) is -3.75. The van der Waals surface area contributed by atoms with Gasteiger partial charge in [-0.1, -0.05) is 25.6 Å². The Hall–Kier alpha value is -2.18. The van der Waals surface area contributed by atoms with Crippen LogP contribution in [0.3, 0.4) is 0 Å². The summed E-state index contributed by atoms with van der Waals surface area (Å²) in [5, 5.41) is 14.5. The molecule has 0 aliphatic rings. The van der Waals surface area contributed by atoms with Gasteiger partial charge < -0.3 is 10.1 Å². The van der Waals surface area contributed by atoms with Gasteiger partial charge in [0.25, 0.3) is 0 Å². The van der Waals surface area contributed by atoms with Gasteiger partial charge in [0, 0.05) is 25.3 Å². The number of hydrogen-bond donors (Lipinski definition) is 1. The molecule has 0 bridgehead atoms. The van der Waals surface area contributed by atoms with Crippen LogP contribution in [-0.2, 0) is 21.4 Å². The molecule has 2 rings (SSSR count). The van der Waals surface area contributed by atoms with Crippen molar-refractivity contribution >= 4 is 33.4 Å². The Labute approximate surface area is 175 Å². The average Bonchev–Trinajstić information content (AvgIpc) is 3.16. The molecule has 10 nitrogen and oxygen atoms in total. The molecule has 0 saturated carbocycles. The van der Waals surface area contributed by atoms with Crippen molar-refractivity contribution < 1.29 is 17.9 Å². The second-order valence-corrected chi connectivity index (χ2v) is 8.65. The van der Waals surface area contributed by atoms with Crippen LogP contribution in [0.4, 0.5) is 5.69 Å². The summed E-state index contributed by atoms with van der Waals surface area (Å²) < 4.78 is 34.4. The Morgan fingerprint density at radius 1 is 1.24 bits per heavy atom. The van der Waals surface area contributed by atoms with Crippen molar-refractivity contribution in [2.24, 2.45) is 0 Å². The highest BCUT2D eigenvalue weighted by atomic mass is 32.2. The lowest BCUT2D eigenvalue weighted by Crippen LogP contribution is -2.31. The highest BCUT2D eigenvalue weighted by Crippen LogP contribution is 2.30. The Morgan fingerprint density at radius 3 is 2.59 bits per heavy atom. The van der Waals surface area contributed by atoms with Gasteiger partial charge >= 0.3 is 0 Å². The van der Waals surface area contributed by atoms with Crippen LogP contribution in [0.5, 0.6) is 5.75 Å². The van der Waals surface area contributed by atoms with Gasteiger partial charge in [-0.05, 0) is 42.5 Å². The number of anilines is 1. The zero-order valence-electron chi connectivity index (χ0n) is 17.0. The van der Waals surface area contributed by atoms with Crippen LogP contribution in [0.25, 0.3) is 0 Å². The summed E-state index contributed by atoms with van der Waals surface area (Å²) in [5.74, 6) is 0.0519. The van der Waals surface area contributed by atoms with E-state index in [9.17, 15) is 13.2 Å². The number of benzene rings is 1. The highest BCUT2D eigenvalue weighted by molar-refractivity contribution is 7.99. The molecule has 0 atom stereocenters. The fraction of sp³-hybridized carbons (Fsp3) is 0.529. The van der Waals surface area contributed by atoms with Crippen LogP contribution in [-0.4, -0.2) is 64.3 Å². The van der Waals surface area contributed by atoms with E-state index in [0.717, 1.165) is 0 Å². The second-order valence-electron chi connectivity index (χ2n) is 5.80. The fourth-order valence-electron chi connectivity index (χ4n) is 2.59. The third kappa shape index (κ3) is 5.67. The summed E-state index contributed by atoms with van der Waals surface area (Å²) >= 11 is 1.20. The second kappa shape index (κ2) is 10.6. The van der Waals surface area contributed by atoms with Crippen molar-refractivity contribution in [3.8, 4) is 5.75 Å². The molecule has 0 unspecified atom stereocenters. The Morgan fingerprint density at radius 2 is 1.97 bits per heavy atom. The normalized spacial score (nSPS) is 11.6. The van der Waals surface area contributed by atoms with Crippen LogP contribution in [0.2, 0.25) is 0 Å². The summed E-state index contributed by atoms with van der Waals surface area (Å²) in [5.41, 5.74) is 0.375. The molecule has 1 heterocycles. The first kappa shape index (κ1) is 23.1. The first-order valence-corrected chi connectivity index (χ1v) is 11.8. The Balaban J connectivity index is 2.20. The number of nitrogens with zero attached hydrogens (tertiary/aromatic N) is 5. The van der Waals surface area contributed by atoms with Crippen molar-refractivity contribution in [3.63, 3.8) is 0 Å². The number of aromatic nitrogens is 4. The molecule has 0 spiro atoms. The van der Waals surface area contributed by atoms with E-state index in [1.54, 1.807) is 37.6 Å². The number of nitrogens with one attached hydrogen (secondary N) is 1. The van der Waals surface area contributed by atoms with Gasteiger partial charge in [-0.25, -0.2) is 13.1 Å². The number of amides is 1. The lowest BCUT2D eigenvalue weighted by Gasteiger charge is -2.21. The molecule has 160 valence electrons. The topological polar surface area (TPSA) is 119 Å². The van der Waals surface area contributed by atoms with E-state index in [0.29, 0.717) is 37.1 Å². The average molecular weight is 443 g/mol. The zero-order valence-corrected chi connectivity index (χ0v) is 18.6. The molecule has 12 heteroatoms. The van der Waals surface area contributed by atoms with E-state index < -0.39 is 10.0 Å². The molecule has 1 N–H and O–H groups in total. The van der Waals surface area contributed by atoms with E-state index in [1.807, 2.05) is 6.92 Å². The number of carbonyl (C=O) groups excluding carboxylic acids is 1. The maximum Gasteiger partial charge on any atom is 0.246 e. The molecule has 0 radical (unpaired) electrons. The number of hydrogen-bond acceptors (Lipinski definition) is 8. The highest BCUT2D eigenvalue weighted by Gasteiger charge is 2.26. The van der Waals surface area contributed by atoms with Gasteiger partial charge in [0.15, 0.2) is 0 Å². The minimum absolute atomic E-state index is 0.0310. The first-order valence-electron chi connectivity index (χ1n) is 9.33. The third-order valence-electron chi connectivity index (χ3n) is 3.98. The molecule has 0 fully saturated rings. The lowest BCUT2D eigenvalue weighted by molar-refractivity contribution is -0.113. The maximum absolute atomic E-state index is 13.0.